The number of hydrogen-bond acceptors (Lipinski definition) is 7. The van der Waals surface area contributed by atoms with Gasteiger partial charge in [0.05, 0.1) is 26.4 Å². The molecule has 0 radical (unpaired) electrons. The van der Waals surface area contributed by atoms with Gasteiger partial charge in [-0.15, -0.1) is 6.58 Å². The Kier molecular flexibility index (Phi) is 6.56. The Balaban J connectivity index is 2.01. The monoisotopic (exact) mass is 401 g/mol. The van der Waals surface area contributed by atoms with Gasteiger partial charge in [0.2, 0.25) is 0 Å². The number of carbonyl (C=O) groups is 2. The highest BCUT2D eigenvalue weighted by Crippen LogP contribution is 2.36. The molecule has 8 nitrogen and oxygen atoms in total. The maximum Gasteiger partial charge on any atom is 0.278 e. The lowest BCUT2D eigenvalue weighted by molar-refractivity contribution is -0.137. The Hall–Kier alpha value is -2.84. The molecule has 0 aromatic heterocycles. The van der Waals surface area contributed by atoms with Gasteiger partial charge in [-0.2, -0.15) is 0 Å². The van der Waals surface area contributed by atoms with Gasteiger partial charge < -0.3 is 19.5 Å². The number of nitrogens with zero attached hydrogens (tertiary/aromatic N) is 3. The van der Waals surface area contributed by atoms with E-state index in [1.54, 1.807) is 31.4 Å². The maximum absolute atomic E-state index is 13.1. The number of ether oxygens (including phenoxy) is 2. The molecule has 2 heterocycles. The zero-order chi connectivity index (χ0) is 21.0. The molecule has 156 valence electrons. The van der Waals surface area contributed by atoms with Gasteiger partial charge in [0.15, 0.2) is 11.5 Å². The molecule has 0 spiro atoms. The number of hydrogen-bond donors (Lipinski definition) is 1. The van der Waals surface area contributed by atoms with Crippen molar-refractivity contribution in [1.82, 2.24) is 14.7 Å². The zero-order valence-electron chi connectivity index (χ0n) is 16.9. The average Bonchev–Trinajstić information content (AvgIpc) is 2.99. The van der Waals surface area contributed by atoms with Gasteiger partial charge >= 0.3 is 0 Å². The lowest BCUT2D eigenvalue weighted by atomic mass is 10.0. The number of carbonyl (C=O) groups excluding carboxylic acids is 2. The fourth-order valence-electron chi connectivity index (χ4n) is 3.74. The first-order valence-corrected chi connectivity index (χ1v) is 9.57. The number of benzene rings is 1. The molecule has 0 aliphatic carbocycles. The van der Waals surface area contributed by atoms with E-state index in [2.05, 4.69) is 11.5 Å². The topological polar surface area (TPSA) is 82.6 Å². The molecule has 1 saturated heterocycles. The summed E-state index contributed by atoms with van der Waals surface area (Å²) in [5.74, 6) is 0.396. The fraction of sp³-hybridized carbons (Fsp3) is 0.429. The number of aliphatic hydroxyl groups is 1. The SMILES string of the molecule is C=CCN1C(=O)C(c2ccc(OC)c(OC)c2)=C(N2CCN(CCO)CC2)C1=O. The number of piperazine rings is 1. The minimum Gasteiger partial charge on any atom is -0.493 e. The first-order chi connectivity index (χ1) is 14.0. The van der Waals surface area contributed by atoms with Crippen LogP contribution in [0.15, 0.2) is 36.6 Å². The van der Waals surface area contributed by atoms with Crippen LogP contribution in [0.5, 0.6) is 11.5 Å². The van der Waals surface area contributed by atoms with Crippen molar-refractivity contribution in [2.24, 2.45) is 0 Å². The predicted molar refractivity (Wildman–Crippen MR) is 108 cm³/mol. The number of amides is 2. The standard InChI is InChI=1S/C21H27N3O5/c1-4-7-24-20(26)18(15-5-6-16(28-2)17(14-15)29-3)19(21(24)27)23-10-8-22(9-11-23)12-13-25/h4-6,14,25H,1,7-13H2,2-3H3. The summed E-state index contributed by atoms with van der Waals surface area (Å²) in [6, 6.07) is 5.21. The molecule has 2 aliphatic heterocycles. The van der Waals surface area contributed by atoms with Gasteiger partial charge in [0.1, 0.15) is 5.70 Å². The highest BCUT2D eigenvalue weighted by atomic mass is 16.5. The maximum atomic E-state index is 13.1. The van der Waals surface area contributed by atoms with Crippen molar-refractivity contribution < 1.29 is 24.2 Å². The second-order valence-corrected chi connectivity index (χ2v) is 6.86. The summed E-state index contributed by atoms with van der Waals surface area (Å²) in [6.45, 7) is 7.16. The van der Waals surface area contributed by atoms with Crippen molar-refractivity contribution in [3.8, 4) is 11.5 Å². The molecule has 1 N–H and O–H groups in total. The molecule has 8 heteroatoms. The first-order valence-electron chi connectivity index (χ1n) is 9.57. The van der Waals surface area contributed by atoms with Crippen molar-refractivity contribution in [1.29, 1.82) is 0 Å². The predicted octanol–water partition coefficient (Wildman–Crippen LogP) is 0.580. The summed E-state index contributed by atoms with van der Waals surface area (Å²) in [6.07, 6.45) is 1.55. The Morgan fingerprint density at radius 2 is 1.76 bits per heavy atom. The third-order valence-corrected chi connectivity index (χ3v) is 5.23. The molecule has 2 amide bonds. The summed E-state index contributed by atoms with van der Waals surface area (Å²) in [7, 11) is 3.08. The summed E-state index contributed by atoms with van der Waals surface area (Å²) >= 11 is 0. The minimum atomic E-state index is -0.338. The molecule has 0 unspecified atom stereocenters. The molecule has 1 aromatic rings. The lowest BCUT2D eigenvalue weighted by Gasteiger charge is -2.36. The van der Waals surface area contributed by atoms with Crippen LogP contribution in [-0.2, 0) is 9.59 Å². The van der Waals surface area contributed by atoms with Crippen LogP contribution in [0.25, 0.3) is 5.57 Å². The summed E-state index contributed by atoms with van der Waals surface area (Å²) < 4.78 is 10.7. The van der Waals surface area contributed by atoms with Gasteiger partial charge in [-0.1, -0.05) is 12.1 Å². The zero-order valence-corrected chi connectivity index (χ0v) is 16.9. The molecule has 29 heavy (non-hydrogen) atoms. The second kappa shape index (κ2) is 9.11. The van der Waals surface area contributed by atoms with E-state index in [4.69, 9.17) is 14.6 Å². The molecule has 1 aromatic carbocycles. The van der Waals surface area contributed by atoms with Gasteiger partial charge in [-0.25, -0.2) is 0 Å². The van der Waals surface area contributed by atoms with Crippen molar-refractivity contribution in [3.63, 3.8) is 0 Å². The van der Waals surface area contributed by atoms with E-state index >= 15 is 0 Å². The van der Waals surface area contributed by atoms with Gasteiger partial charge in [-0.3, -0.25) is 19.4 Å². The van der Waals surface area contributed by atoms with Crippen molar-refractivity contribution in [2.45, 2.75) is 0 Å². The van der Waals surface area contributed by atoms with Crippen LogP contribution in [-0.4, -0.2) is 91.7 Å². The third kappa shape index (κ3) is 3.99. The van der Waals surface area contributed by atoms with Crippen LogP contribution in [0.2, 0.25) is 0 Å². The molecule has 3 rings (SSSR count). The van der Waals surface area contributed by atoms with Gasteiger partial charge in [-0.05, 0) is 17.7 Å². The number of imide groups is 1. The Morgan fingerprint density at radius 3 is 2.34 bits per heavy atom. The van der Waals surface area contributed by atoms with Crippen molar-refractivity contribution in [2.75, 3.05) is 60.1 Å². The number of methoxy groups -OCH3 is 2. The highest BCUT2D eigenvalue weighted by molar-refractivity contribution is 6.35. The molecule has 0 atom stereocenters. The van der Waals surface area contributed by atoms with Crippen LogP contribution in [0.1, 0.15) is 5.56 Å². The van der Waals surface area contributed by atoms with E-state index in [1.165, 1.54) is 12.0 Å². The van der Waals surface area contributed by atoms with E-state index < -0.39 is 0 Å². The third-order valence-electron chi connectivity index (χ3n) is 5.23. The van der Waals surface area contributed by atoms with Crippen LogP contribution in [0.3, 0.4) is 0 Å². The summed E-state index contributed by atoms with van der Waals surface area (Å²) in [4.78, 5) is 31.6. The van der Waals surface area contributed by atoms with E-state index in [0.29, 0.717) is 61.1 Å². The van der Waals surface area contributed by atoms with E-state index in [-0.39, 0.29) is 25.0 Å². The van der Waals surface area contributed by atoms with Crippen molar-refractivity contribution in [3.05, 3.63) is 42.1 Å². The number of β-amino-alcohol motifs (C(OH)–C–C–N with tert-alkyl or cyclic N) is 1. The quantitative estimate of drug-likeness (QED) is 0.504. The molecular weight excluding hydrogens is 374 g/mol. The van der Waals surface area contributed by atoms with Crippen LogP contribution >= 0.6 is 0 Å². The first kappa shape index (κ1) is 20.9. The Bertz CT molecular complexity index is 828. The largest absolute Gasteiger partial charge is 0.493 e. The molecule has 1 fully saturated rings. The van der Waals surface area contributed by atoms with E-state index in [9.17, 15) is 9.59 Å². The summed E-state index contributed by atoms with van der Waals surface area (Å²) in [5, 5.41) is 9.15. The molecule has 0 saturated carbocycles. The molecule has 0 bridgehead atoms. The van der Waals surface area contributed by atoms with Gasteiger partial charge in [0.25, 0.3) is 11.8 Å². The molecule has 2 aliphatic rings. The Labute approximate surface area is 170 Å². The average molecular weight is 401 g/mol. The van der Waals surface area contributed by atoms with Crippen LogP contribution in [0, 0.1) is 0 Å². The fourth-order valence-corrected chi connectivity index (χ4v) is 3.74. The normalized spacial score (nSPS) is 17.9. The second-order valence-electron chi connectivity index (χ2n) is 6.86. The smallest absolute Gasteiger partial charge is 0.278 e. The van der Waals surface area contributed by atoms with E-state index in [0.717, 1.165) is 0 Å². The van der Waals surface area contributed by atoms with Crippen molar-refractivity contribution >= 4 is 17.4 Å². The summed E-state index contributed by atoms with van der Waals surface area (Å²) in [5.41, 5.74) is 1.39. The minimum absolute atomic E-state index is 0.101. The highest BCUT2D eigenvalue weighted by Gasteiger charge is 2.41. The van der Waals surface area contributed by atoms with Gasteiger partial charge in [0, 0.05) is 39.3 Å². The lowest BCUT2D eigenvalue weighted by Crippen LogP contribution is -2.48. The van der Waals surface area contributed by atoms with Crippen LogP contribution in [0.4, 0.5) is 0 Å². The van der Waals surface area contributed by atoms with E-state index in [1.807, 2.05) is 4.90 Å². The Morgan fingerprint density at radius 1 is 1.07 bits per heavy atom. The molecular formula is C21H27N3O5. The van der Waals surface area contributed by atoms with Crippen LogP contribution < -0.4 is 9.47 Å². The number of rotatable bonds is 8. The number of aliphatic hydroxyl groups excluding tert-OH is 1.